The second kappa shape index (κ2) is 7.08. The van der Waals surface area contributed by atoms with Gasteiger partial charge in [0, 0.05) is 18.7 Å². The van der Waals surface area contributed by atoms with Gasteiger partial charge in [0.15, 0.2) is 0 Å². The minimum absolute atomic E-state index is 0.496. The molecule has 0 aliphatic heterocycles. The van der Waals surface area contributed by atoms with Crippen LogP contribution in [0.25, 0.3) is 11.5 Å². The fourth-order valence-corrected chi connectivity index (χ4v) is 2.41. The Hall–Kier alpha value is -1.84. The van der Waals surface area contributed by atoms with Crippen LogP contribution in [0.15, 0.2) is 28.7 Å². The Balaban J connectivity index is 2.23. The average Bonchev–Trinajstić information content (AvgIpc) is 2.86. The van der Waals surface area contributed by atoms with Crippen molar-refractivity contribution < 1.29 is 4.42 Å². The molecule has 2 aromatic rings. The van der Waals surface area contributed by atoms with Gasteiger partial charge in [-0.05, 0) is 25.0 Å². The second-order valence-electron chi connectivity index (χ2n) is 5.09. The molecule has 0 amide bonds. The molecule has 108 valence electrons. The van der Waals surface area contributed by atoms with Gasteiger partial charge in [0.25, 0.3) is 0 Å². The van der Waals surface area contributed by atoms with Crippen molar-refractivity contribution in [3.05, 3.63) is 30.2 Å². The fourth-order valence-electron chi connectivity index (χ4n) is 2.41. The van der Waals surface area contributed by atoms with E-state index in [4.69, 9.17) is 4.42 Å². The highest BCUT2D eigenvalue weighted by molar-refractivity contribution is 5.72. The first-order valence-electron chi connectivity index (χ1n) is 7.40. The monoisotopic (exact) mass is 273 g/mol. The molecule has 0 unspecified atom stereocenters. The Morgan fingerprint density at radius 2 is 1.80 bits per heavy atom. The van der Waals surface area contributed by atoms with Crippen LogP contribution in [0, 0.1) is 6.92 Å². The molecule has 1 N–H and O–H groups in total. The first-order chi connectivity index (χ1) is 9.74. The molecule has 0 fully saturated rings. The molecule has 0 aliphatic carbocycles. The molecule has 2 rings (SSSR count). The minimum Gasteiger partial charge on any atom is -0.421 e. The summed E-state index contributed by atoms with van der Waals surface area (Å²) in [5.74, 6) is 1.17. The third kappa shape index (κ3) is 3.59. The summed E-state index contributed by atoms with van der Waals surface area (Å²) in [6.07, 6.45) is 4.70. The number of hydrogen-bond donors (Lipinski definition) is 1. The van der Waals surface area contributed by atoms with E-state index in [9.17, 15) is 0 Å². The zero-order chi connectivity index (χ0) is 14.4. The Labute approximate surface area is 120 Å². The van der Waals surface area contributed by atoms with Crippen LogP contribution >= 0.6 is 0 Å². The fraction of sp³-hybridized carbons (Fsp3) is 0.500. The number of nitrogens with one attached hydrogen (secondary N) is 1. The molecule has 0 bridgehead atoms. The van der Waals surface area contributed by atoms with Crippen LogP contribution in [0.3, 0.4) is 0 Å². The Kier molecular flexibility index (Phi) is 5.16. The smallest absolute Gasteiger partial charge is 0.249 e. The van der Waals surface area contributed by atoms with Crippen LogP contribution < -0.4 is 5.32 Å². The molecular formula is C16H23N3O. The Morgan fingerprint density at radius 1 is 1.10 bits per heavy atom. The molecule has 0 atom stereocenters. The topological polar surface area (TPSA) is 51.0 Å². The highest BCUT2D eigenvalue weighted by Gasteiger charge is 2.13. The first kappa shape index (κ1) is 14.6. The third-order valence-corrected chi connectivity index (χ3v) is 3.32. The van der Waals surface area contributed by atoms with Crippen molar-refractivity contribution in [3.63, 3.8) is 0 Å². The SMILES string of the molecule is CCCC(CCC)Nc1ccccc1-c1nnc(C)o1. The number of anilines is 1. The summed E-state index contributed by atoms with van der Waals surface area (Å²) in [6, 6.07) is 8.62. The van der Waals surface area contributed by atoms with Gasteiger partial charge in [-0.1, -0.05) is 38.8 Å². The summed E-state index contributed by atoms with van der Waals surface area (Å²) in [4.78, 5) is 0. The summed E-state index contributed by atoms with van der Waals surface area (Å²) in [5, 5.41) is 11.7. The van der Waals surface area contributed by atoms with E-state index in [1.165, 1.54) is 25.7 Å². The lowest BCUT2D eigenvalue weighted by Gasteiger charge is -2.20. The van der Waals surface area contributed by atoms with E-state index < -0.39 is 0 Å². The number of benzene rings is 1. The summed E-state index contributed by atoms with van der Waals surface area (Å²) in [5.41, 5.74) is 2.05. The maximum absolute atomic E-state index is 5.55. The van der Waals surface area contributed by atoms with Crippen LogP contribution in [-0.2, 0) is 0 Å². The van der Waals surface area contributed by atoms with Crippen molar-refractivity contribution >= 4 is 5.69 Å². The Bertz CT molecular complexity index is 530. The van der Waals surface area contributed by atoms with Crippen LogP contribution in [0.4, 0.5) is 5.69 Å². The average molecular weight is 273 g/mol. The molecule has 0 saturated heterocycles. The molecule has 20 heavy (non-hydrogen) atoms. The maximum atomic E-state index is 5.55. The highest BCUT2D eigenvalue weighted by Crippen LogP contribution is 2.28. The van der Waals surface area contributed by atoms with Gasteiger partial charge in [-0.25, -0.2) is 0 Å². The zero-order valence-electron chi connectivity index (χ0n) is 12.5. The molecule has 0 radical (unpaired) electrons. The molecule has 1 aromatic heterocycles. The molecule has 1 heterocycles. The standard InChI is InChI=1S/C16H23N3O/c1-4-8-13(9-5-2)17-15-11-7-6-10-14(15)16-19-18-12(3)20-16/h6-7,10-11,13,17H,4-5,8-9H2,1-3H3. The van der Waals surface area contributed by atoms with Gasteiger partial charge in [-0.15, -0.1) is 10.2 Å². The first-order valence-corrected chi connectivity index (χ1v) is 7.40. The van der Waals surface area contributed by atoms with Crippen LogP contribution in [0.1, 0.15) is 45.4 Å². The quantitative estimate of drug-likeness (QED) is 0.811. The van der Waals surface area contributed by atoms with Gasteiger partial charge >= 0.3 is 0 Å². The van der Waals surface area contributed by atoms with E-state index in [1.807, 2.05) is 25.1 Å². The molecule has 1 aromatic carbocycles. The van der Waals surface area contributed by atoms with E-state index in [2.05, 4.69) is 35.4 Å². The van der Waals surface area contributed by atoms with Crippen LogP contribution in [0.5, 0.6) is 0 Å². The van der Waals surface area contributed by atoms with Gasteiger partial charge in [-0.3, -0.25) is 0 Å². The zero-order valence-corrected chi connectivity index (χ0v) is 12.5. The van der Waals surface area contributed by atoms with Gasteiger partial charge in [0.1, 0.15) is 0 Å². The van der Waals surface area contributed by atoms with E-state index in [0.717, 1.165) is 11.3 Å². The second-order valence-corrected chi connectivity index (χ2v) is 5.09. The van der Waals surface area contributed by atoms with Crippen molar-refractivity contribution in [2.24, 2.45) is 0 Å². The highest BCUT2D eigenvalue weighted by atomic mass is 16.4. The Morgan fingerprint density at radius 3 is 2.40 bits per heavy atom. The van der Waals surface area contributed by atoms with E-state index in [-0.39, 0.29) is 0 Å². The van der Waals surface area contributed by atoms with Gasteiger partial charge < -0.3 is 9.73 Å². The van der Waals surface area contributed by atoms with Gasteiger partial charge in [0.05, 0.1) is 5.56 Å². The van der Waals surface area contributed by atoms with Crippen LogP contribution in [-0.4, -0.2) is 16.2 Å². The van der Waals surface area contributed by atoms with E-state index in [1.54, 1.807) is 0 Å². The molecule has 0 aliphatic rings. The van der Waals surface area contributed by atoms with Crippen molar-refractivity contribution in [2.45, 2.75) is 52.5 Å². The molecule has 0 saturated carbocycles. The van der Waals surface area contributed by atoms with E-state index in [0.29, 0.717) is 17.8 Å². The molecular weight excluding hydrogens is 250 g/mol. The minimum atomic E-state index is 0.496. The number of hydrogen-bond acceptors (Lipinski definition) is 4. The van der Waals surface area contributed by atoms with Gasteiger partial charge in [0.2, 0.25) is 11.8 Å². The lowest BCUT2D eigenvalue weighted by atomic mass is 10.1. The number of nitrogens with zero attached hydrogens (tertiary/aromatic N) is 2. The lowest BCUT2D eigenvalue weighted by molar-refractivity contribution is 0.532. The molecule has 4 heteroatoms. The summed E-state index contributed by atoms with van der Waals surface area (Å²) in [6.45, 7) is 6.25. The lowest BCUT2D eigenvalue weighted by Crippen LogP contribution is -2.19. The predicted molar refractivity (Wildman–Crippen MR) is 81.7 cm³/mol. The summed E-state index contributed by atoms with van der Waals surface area (Å²) < 4.78 is 5.55. The van der Waals surface area contributed by atoms with Crippen molar-refractivity contribution in [1.29, 1.82) is 0 Å². The van der Waals surface area contributed by atoms with Crippen molar-refractivity contribution in [2.75, 3.05) is 5.32 Å². The van der Waals surface area contributed by atoms with Crippen molar-refractivity contribution in [1.82, 2.24) is 10.2 Å². The number of aryl methyl sites for hydroxylation is 1. The van der Waals surface area contributed by atoms with Crippen LogP contribution in [0.2, 0.25) is 0 Å². The molecule has 4 nitrogen and oxygen atoms in total. The molecule has 0 spiro atoms. The normalized spacial score (nSPS) is 11.0. The maximum Gasteiger partial charge on any atom is 0.249 e. The summed E-state index contributed by atoms with van der Waals surface area (Å²) in [7, 11) is 0. The largest absolute Gasteiger partial charge is 0.421 e. The third-order valence-electron chi connectivity index (χ3n) is 3.32. The van der Waals surface area contributed by atoms with Gasteiger partial charge in [-0.2, -0.15) is 0 Å². The van der Waals surface area contributed by atoms with Crippen molar-refractivity contribution in [3.8, 4) is 11.5 Å². The van der Waals surface area contributed by atoms with E-state index >= 15 is 0 Å². The predicted octanol–water partition coefficient (Wildman–Crippen LogP) is 4.43. The number of rotatable bonds is 7. The number of para-hydroxylation sites is 1. The number of aromatic nitrogens is 2. The summed E-state index contributed by atoms with van der Waals surface area (Å²) >= 11 is 0.